The Hall–Kier alpha value is -2.90. The summed E-state index contributed by atoms with van der Waals surface area (Å²) in [5.74, 6) is 2.28. The number of fused-ring (bicyclic) bond motifs is 1. The van der Waals surface area contributed by atoms with Crippen LogP contribution < -0.4 is 5.32 Å². The number of carbonyl (C=O) groups is 1. The van der Waals surface area contributed by atoms with E-state index in [1.165, 1.54) is 0 Å². The van der Waals surface area contributed by atoms with Crippen molar-refractivity contribution in [3.63, 3.8) is 0 Å². The van der Waals surface area contributed by atoms with E-state index in [0.29, 0.717) is 5.56 Å². The molecule has 25 heavy (non-hydrogen) atoms. The maximum absolute atomic E-state index is 12.9. The molecule has 3 aromatic heterocycles. The Morgan fingerprint density at radius 2 is 2.16 bits per heavy atom. The first kappa shape index (κ1) is 15.6. The Labute approximate surface area is 145 Å². The van der Waals surface area contributed by atoms with Gasteiger partial charge in [0.2, 0.25) is 0 Å². The van der Waals surface area contributed by atoms with Gasteiger partial charge in [-0.2, -0.15) is 10.2 Å². The van der Waals surface area contributed by atoms with Crippen molar-refractivity contribution in [3.05, 3.63) is 47.9 Å². The molecule has 0 saturated heterocycles. The van der Waals surface area contributed by atoms with Crippen molar-refractivity contribution < 1.29 is 4.79 Å². The summed E-state index contributed by atoms with van der Waals surface area (Å²) in [4.78, 5) is 17.5. The number of amides is 1. The van der Waals surface area contributed by atoms with Crippen molar-refractivity contribution in [1.82, 2.24) is 34.4 Å². The van der Waals surface area contributed by atoms with Crippen LogP contribution in [-0.2, 0) is 20.0 Å². The highest BCUT2D eigenvalue weighted by Crippen LogP contribution is 2.24. The molecule has 4 rings (SSSR count). The standard InChI is InChI=1S/C17H21N7O/c1-3-14-20-15-13(7-6-10-24(15)21-14)19-16(25)12-11-18-22(2)17(12)23-8-4-5-9-23/h4-5,8-9,11,13H,3,6-7,10H2,1-2H3,(H,19,25). The number of hydrogen-bond donors (Lipinski definition) is 1. The molecular formula is C17H21N7O. The quantitative estimate of drug-likeness (QED) is 0.783. The fourth-order valence-corrected chi connectivity index (χ4v) is 3.30. The molecule has 1 amide bonds. The fraction of sp³-hybridized carbons (Fsp3) is 0.412. The number of aryl methyl sites for hydroxylation is 3. The minimum Gasteiger partial charge on any atom is -0.342 e. The first-order valence-electron chi connectivity index (χ1n) is 8.57. The normalized spacial score (nSPS) is 16.6. The highest BCUT2D eigenvalue weighted by molar-refractivity contribution is 5.97. The van der Waals surface area contributed by atoms with Crippen LogP contribution in [0.2, 0.25) is 0 Å². The number of nitrogens with one attached hydrogen (secondary N) is 1. The van der Waals surface area contributed by atoms with Crippen LogP contribution in [0.25, 0.3) is 5.82 Å². The number of aromatic nitrogens is 6. The molecule has 130 valence electrons. The van der Waals surface area contributed by atoms with Crippen LogP contribution in [0.1, 0.15) is 47.8 Å². The van der Waals surface area contributed by atoms with Gasteiger partial charge in [-0.15, -0.1) is 0 Å². The summed E-state index contributed by atoms with van der Waals surface area (Å²) >= 11 is 0. The Morgan fingerprint density at radius 1 is 1.36 bits per heavy atom. The van der Waals surface area contributed by atoms with Gasteiger partial charge in [-0.3, -0.25) is 9.48 Å². The van der Waals surface area contributed by atoms with Gasteiger partial charge in [-0.25, -0.2) is 9.67 Å². The third-order valence-electron chi connectivity index (χ3n) is 4.54. The molecular weight excluding hydrogens is 318 g/mol. The molecule has 8 heteroatoms. The number of carbonyl (C=O) groups excluding carboxylic acids is 1. The molecule has 3 aromatic rings. The van der Waals surface area contributed by atoms with Gasteiger partial charge in [-0.05, 0) is 25.0 Å². The lowest BCUT2D eigenvalue weighted by molar-refractivity contribution is 0.0927. The van der Waals surface area contributed by atoms with Gasteiger partial charge in [0, 0.05) is 32.4 Å². The Bertz CT molecular complexity index is 890. The predicted octanol–water partition coefficient (Wildman–Crippen LogP) is 1.63. The molecule has 1 N–H and O–H groups in total. The summed E-state index contributed by atoms with van der Waals surface area (Å²) in [6, 6.07) is 3.72. The zero-order valence-corrected chi connectivity index (χ0v) is 14.4. The van der Waals surface area contributed by atoms with Crippen molar-refractivity contribution in [3.8, 4) is 5.82 Å². The van der Waals surface area contributed by atoms with Crippen LogP contribution in [0.15, 0.2) is 30.7 Å². The monoisotopic (exact) mass is 339 g/mol. The van der Waals surface area contributed by atoms with Crippen molar-refractivity contribution in [2.45, 2.75) is 38.8 Å². The van der Waals surface area contributed by atoms with Crippen molar-refractivity contribution in [1.29, 1.82) is 0 Å². The van der Waals surface area contributed by atoms with Crippen molar-refractivity contribution in [2.75, 3.05) is 0 Å². The fourth-order valence-electron chi connectivity index (χ4n) is 3.30. The summed E-state index contributed by atoms with van der Waals surface area (Å²) in [7, 11) is 1.83. The zero-order chi connectivity index (χ0) is 17.4. The topological polar surface area (TPSA) is 82.6 Å². The molecule has 0 saturated carbocycles. The Balaban J connectivity index is 1.61. The van der Waals surface area contributed by atoms with Gasteiger partial charge in [0.05, 0.1) is 12.2 Å². The zero-order valence-electron chi connectivity index (χ0n) is 14.4. The van der Waals surface area contributed by atoms with E-state index < -0.39 is 0 Å². The second kappa shape index (κ2) is 6.19. The minimum absolute atomic E-state index is 0.119. The lowest BCUT2D eigenvalue weighted by Gasteiger charge is -2.23. The molecule has 1 atom stereocenters. The molecule has 1 unspecified atom stereocenters. The van der Waals surface area contributed by atoms with Crippen LogP contribution in [0, 0.1) is 0 Å². The van der Waals surface area contributed by atoms with Gasteiger partial charge < -0.3 is 9.88 Å². The van der Waals surface area contributed by atoms with Crippen molar-refractivity contribution in [2.24, 2.45) is 7.05 Å². The summed E-state index contributed by atoms with van der Waals surface area (Å²) < 4.78 is 5.51. The first-order chi connectivity index (χ1) is 12.2. The molecule has 0 aromatic carbocycles. The highest BCUT2D eigenvalue weighted by atomic mass is 16.1. The van der Waals surface area contributed by atoms with Gasteiger partial charge >= 0.3 is 0 Å². The second-order valence-electron chi connectivity index (χ2n) is 6.23. The maximum Gasteiger partial charge on any atom is 0.257 e. The van der Waals surface area contributed by atoms with Gasteiger partial charge in [0.1, 0.15) is 17.2 Å². The number of nitrogens with zero attached hydrogens (tertiary/aromatic N) is 6. The van der Waals surface area contributed by atoms with Crippen LogP contribution in [0.5, 0.6) is 0 Å². The van der Waals surface area contributed by atoms with Crippen LogP contribution in [0.4, 0.5) is 0 Å². The molecule has 0 spiro atoms. The van der Waals surface area contributed by atoms with E-state index in [4.69, 9.17) is 0 Å². The lowest BCUT2D eigenvalue weighted by atomic mass is 10.1. The SMILES string of the molecule is CCc1nc2n(n1)CCCC2NC(=O)c1cnn(C)c1-n1cccc1. The summed E-state index contributed by atoms with van der Waals surface area (Å²) in [6.45, 7) is 2.89. The van der Waals surface area contributed by atoms with E-state index in [9.17, 15) is 4.79 Å². The molecule has 0 radical (unpaired) electrons. The molecule has 0 fully saturated rings. The van der Waals surface area contributed by atoms with E-state index >= 15 is 0 Å². The van der Waals surface area contributed by atoms with Crippen LogP contribution >= 0.6 is 0 Å². The maximum atomic E-state index is 12.9. The summed E-state index contributed by atoms with van der Waals surface area (Å²) in [6.07, 6.45) is 8.04. The average Bonchev–Trinajstić information content (AvgIpc) is 3.33. The second-order valence-corrected chi connectivity index (χ2v) is 6.23. The predicted molar refractivity (Wildman–Crippen MR) is 91.4 cm³/mol. The average molecular weight is 339 g/mol. The molecule has 8 nitrogen and oxygen atoms in total. The summed E-state index contributed by atoms with van der Waals surface area (Å²) in [5, 5.41) is 11.9. The molecule has 1 aliphatic rings. The first-order valence-corrected chi connectivity index (χ1v) is 8.57. The van der Waals surface area contributed by atoms with E-state index in [-0.39, 0.29) is 11.9 Å². The number of rotatable bonds is 4. The third-order valence-corrected chi connectivity index (χ3v) is 4.54. The lowest BCUT2D eigenvalue weighted by Crippen LogP contribution is -2.33. The van der Waals surface area contributed by atoms with Gasteiger partial charge in [-0.1, -0.05) is 6.92 Å². The van der Waals surface area contributed by atoms with Gasteiger partial charge in [0.25, 0.3) is 5.91 Å². The number of hydrogen-bond acceptors (Lipinski definition) is 4. The Kier molecular flexibility index (Phi) is 3.87. The van der Waals surface area contributed by atoms with Crippen LogP contribution in [-0.4, -0.2) is 35.0 Å². The smallest absolute Gasteiger partial charge is 0.257 e. The molecule has 4 heterocycles. The van der Waals surface area contributed by atoms with Crippen molar-refractivity contribution >= 4 is 5.91 Å². The van der Waals surface area contributed by atoms with Gasteiger partial charge in [0.15, 0.2) is 5.82 Å². The van der Waals surface area contributed by atoms with E-state index in [1.807, 2.05) is 47.7 Å². The molecule has 0 aliphatic carbocycles. The van der Waals surface area contributed by atoms with Crippen LogP contribution in [0.3, 0.4) is 0 Å². The molecule has 0 bridgehead atoms. The third kappa shape index (κ3) is 2.73. The summed E-state index contributed by atoms with van der Waals surface area (Å²) in [5.41, 5.74) is 0.547. The van der Waals surface area contributed by atoms with E-state index in [0.717, 1.165) is 43.3 Å². The largest absolute Gasteiger partial charge is 0.342 e. The van der Waals surface area contributed by atoms with E-state index in [1.54, 1.807) is 10.9 Å². The Morgan fingerprint density at radius 3 is 2.92 bits per heavy atom. The highest BCUT2D eigenvalue weighted by Gasteiger charge is 2.27. The molecule has 1 aliphatic heterocycles. The van der Waals surface area contributed by atoms with E-state index in [2.05, 4.69) is 20.5 Å². The minimum atomic E-state index is -0.142.